The van der Waals surface area contributed by atoms with Crippen molar-refractivity contribution >= 4 is 12.3 Å². The highest BCUT2D eigenvalue weighted by Gasteiger charge is 1.89. The van der Waals surface area contributed by atoms with Gasteiger partial charge in [-0.2, -0.15) is 0 Å². The Morgan fingerprint density at radius 3 is 2.18 bits per heavy atom. The number of unbranched alkanes of at least 4 members (excludes halogenated alkanes) is 5. The Bertz CT molecular complexity index is 254. The van der Waals surface area contributed by atoms with Gasteiger partial charge in [0.25, 0.3) is 0 Å². The molecule has 0 N–H and O–H groups in total. The van der Waals surface area contributed by atoms with Crippen LogP contribution in [0.5, 0.6) is 0 Å². The van der Waals surface area contributed by atoms with Crippen molar-refractivity contribution in [3.05, 3.63) is 24.3 Å². The molecule has 0 rings (SSSR count). The lowest BCUT2D eigenvalue weighted by molar-refractivity contribution is -0.134. The van der Waals surface area contributed by atoms with Crippen molar-refractivity contribution in [1.82, 2.24) is 0 Å². The van der Waals surface area contributed by atoms with Gasteiger partial charge in [0.1, 0.15) is 6.29 Å². The average molecular weight is 238 g/mol. The molecule has 0 spiro atoms. The molecule has 0 saturated heterocycles. The second kappa shape index (κ2) is 12.7. The van der Waals surface area contributed by atoms with Crippen LogP contribution in [0.15, 0.2) is 24.3 Å². The number of aldehydes is 1. The third-order valence-electron chi connectivity index (χ3n) is 2.31. The van der Waals surface area contributed by atoms with Gasteiger partial charge in [-0.15, -0.1) is 0 Å². The molecular formula is C14H22O3. The zero-order valence-electron chi connectivity index (χ0n) is 10.6. The van der Waals surface area contributed by atoms with E-state index >= 15 is 0 Å². The van der Waals surface area contributed by atoms with Gasteiger partial charge in [0.15, 0.2) is 0 Å². The monoisotopic (exact) mass is 238 g/mol. The van der Waals surface area contributed by atoms with Crippen molar-refractivity contribution in [1.29, 1.82) is 0 Å². The van der Waals surface area contributed by atoms with E-state index in [1.807, 2.05) is 6.08 Å². The molecule has 0 aliphatic carbocycles. The van der Waals surface area contributed by atoms with Crippen LogP contribution < -0.4 is 0 Å². The standard InChI is InChI=1S/C14H22O3/c1-17-14(16)12-10-8-6-4-2-3-5-7-9-11-13-15/h2-3,10,12-13H,4-9,11H2,1H3/b3-2-,12-10+. The summed E-state index contributed by atoms with van der Waals surface area (Å²) in [5.74, 6) is -0.296. The summed E-state index contributed by atoms with van der Waals surface area (Å²) in [7, 11) is 1.38. The van der Waals surface area contributed by atoms with Gasteiger partial charge in [-0.3, -0.25) is 0 Å². The minimum Gasteiger partial charge on any atom is -0.466 e. The number of methoxy groups -OCH3 is 1. The summed E-state index contributed by atoms with van der Waals surface area (Å²) in [4.78, 5) is 20.8. The fraction of sp³-hybridized carbons (Fsp3) is 0.571. The summed E-state index contributed by atoms with van der Waals surface area (Å²) in [6.07, 6.45) is 15.3. The van der Waals surface area contributed by atoms with Crippen LogP contribution >= 0.6 is 0 Å². The van der Waals surface area contributed by atoms with E-state index in [4.69, 9.17) is 0 Å². The van der Waals surface area contributed by atoms with Crippen molar-refractivity contribution < 1.29 is 14.3 Å². The van der Waals surface area contributed by atoms with E-state index in [1.165, 1.54) is 13.2 Å². The number of rotatable bonds is 10. The van der Waals surface area contributed by atoms with Crippen LogP contribution in [0.2, 0.25) is 0 Å². The molecule has 0 amide bonds. The number of carbonyl (C=O) groups excluding carboxylic acids is 2. The predicted octanol–water partition coefficient (Wildman–Crippen LogP) is 3.20. The van der Waals surface area contributed by atoms with Crippen LogP contribution in [0.1, 0.15) is 44.9 Å². The van der Waals surface area contributed by atoms with Gasteiger partial charge in [0, 0.05) is 12.5 Å². The SMILES string of the molecule is COC(=O)/C=C/CCC/C=C\CCCCC=O. The molecule has 0 heterocycles. The Hall–Kier alpha value is -1.38. The smallest absolute Gasteiger partial charge is 0.330 e. The summed E-state index contributed by atoms with van der Waals surface area (Å²) >= 11 is 0. The van der Waals surface area contributed by atoms with Crippen molar-refractivity contribution in [2.24, 2.45) is 0 Å². The molecule has 17 heavy (non-hydrogen) atoms. The molecule has 0 unspecified atom stereocenters. The molecular weight excluding hydrogens is 216 g/mol. The first kappa shape index (κ1) is 15.6. The van der Waals surface area contributed by atoms with Crippen molar-refractivity contribution in [3.63, 3.8) is 0 Å². The molecule has 0 aromatic carbocycles. The molecule has 3 heteroatoms. The summed E-state index contributed by atoms with van der Waals surface area (Å²) in [6.45, 7) is 0. The number of ether oxygens (including phenoxy) is 1. The minimum absolute atomic E-state index is 0.296. The third-order valence-corrected chi connectivity index (χ3v) is 2.31. The Morgan fingerprint density at radius 1 is 0.941 bits per heavy atom. The van der Waals surface area contributed by atoms with Gasteiger partial charge in [-0.05, 0) is 38.5 Å². The van der Waals surface area contributed by atoms with E-state index in [0.717, 1.165) is 44.8 Å². The van der Waals surface area contributed by atoms with Gasteiger partial charge in [-0.25, -0.2) is 4.79 Å². The van der Waals surface area contributed by atoms with Gasteiger partial charge >= 0.3 is 5.97 Å². The maximum atomic E-state index is 10.7. The van der Waals surface area contributed by atoms with Gasteiger partial charge in [0.2, 0.25) is 0 Å². The molecule has 96 valence electrons. The molecule has 0 fully saturated rings. The van der Waals surface area contributed by atoms with Gasteiger partial charge < -0.3 is 9.53 Å². The van der Waals surface area contributed by atoms with Crippen molar-refractivity contribution in [3.8, 4) is 0 Å². The van der Waals surface area contributed by atoms with E-state index in [2.05, 4.69) is 16.9 Å². The van der Waals surface area contributed by atoms with E-state index in [-0.39, 0.29) is 5.97 Å². The highest BCUT2D eigenvalue weighted by molar-refractivity contribution is 5.81. The number of carbonyl (C=O) groups is 2. The number of hydrogen-bond donors (Lipinski definition) is 0. The lowest BCUT2D eigenvalue weighted by atomic mass is 10.1. The summed E-state index contributed by atoms with van der Waals surface area (Å²) in [5.41, 5.74) is 0. The Morgan fingerprint density at radius 2 is 1.53 bits per heavy atom. The first-order chi connectivity index (χ1) is 8.31. The van der Waals surface area contributed by atoms with E-state index in [1.54, 1.807) is 0 Å². The fourth-order valence-corrected chi connectivity index (χ4v) is 1.33. The molecule has 0 radical (unpaired) electrons. The minimum atomic E-state index is -0.296. The molecule has 0 bridgehead atoms. The molecule has 0 aliphatic rings. The Labute approximate surface area is 104 Å². The second-order valence-corrected chi connectivity index (χ2v) is 3.78. The third kappa shape index (κ3) is 12.6. The Balaban J connectivity index is 3.27. The number of esters is 1. The van der Waals surface area contributed by atoms with Crippen molar-refractivity contribution in [2.75, 3.05) is 7.11 Å². The van der Waals surface area contributed by atoms with Crippen LogP contribution in [0, 0.1) is 0 Å². The van der Waals surface area contributed by atoms with E-state index in [0.29, 0.717) is 6.42 Å². The molecule has 0 atom stereocenters. The van der Waals surface area contributed by atoms with Gasteiger partial charge in [0.05, 0.1) is 7.11 Å². The number of hydrogen-bond acceptors (Lipinski definition) is 3. The largest absolute Gasteiger partial charge is 0.466 e. The normalized spacial score (nSPS) is 11.1. The molecule has 0 aliphatic heterocycles. The topological polar surface area (TPSA) is 43.4 Å². The second-order valence-electron chi connectivity index (χ2n) is 3.78. The quantitative estimate of drug-likeness (QED) is 0.193. The Kier molecular flexibility index (Phi) is 11.7. The zero-order chi connectivity index (χ0) is 12.8. The highest BCUT2D eigenvalue weighted by Crippen LogP contribution is 2.02. The molecule has 3 nitrogen and oxygen atoms in total. The van der Waals surface area contributed by atoms with Crippen LogP contribution in [0.25, 0.3) is 0 Å². The molecule has 0 aromatic rings. The highest BCUT2D eigenvalue weighted by atomic mass is 16.5. The van der Waals surface area contributed by atoms with Crippen molar-refractivity contribution in [2.45, 2.75) is 44.9 Å². The van der Waals surface area contributed by atoms with E-state index in [9.17, 15) is 9.59 Å². The van der Waals surface area contributed by atoms with Crippen LogP contribution in [-0.2, 0) is 14.3 Å². The lowest BCUT2D eigenvalue weighted by Crippen LogP contribution is -1.93. The maximum Gasteiger partial charge on any atom is 0.330 e. The van der Waals surface area contributed by atoms with E-state index < -0.39 is 0 Å². The average Bonchev–Trinajstić information content (AvgIpc) is 2.35. The van der Waals surface area contributed by atoms with Gasteiger partial charge in [-0.1, -0.05) is 18.2 Å². The van der Waals surface area contributed by atoms with Crippen LogP contribution in [-0.4, -0.2) is 19.4 Å². The summed E-state index contributed by atoms with van der Waals surface area (Å²) in [6, 6.07) is 0. The predicted molar refractivity (Wildman–Crippen MR) is 68.7 cm³/mol. The maximum absolute atomic E-state index is 10.7. The summed E-state index contributed by atoms with van der Waals surface area (Å²) in [5, 5.41) is 0. The first-order valence-corrected chi connectivity index (χ1v) is 6.14. The lowest BCUT2D eigenvalue weighted by Gasteiger charge is -1.93. The summed E-state index contributed by atoms with van der Waals surface area (Å²) < 4.78 is 4.48. The van der Waals surface area contributed by atoms with Crippen LogP contribution in [0.4, 0.5) is 0 Å². The molecule has 0 aromatic heterocycles. The molecule has 0 saturated carbocycles. The number of allylic oxidation sites excluding steroid dienone is 3. The van der Waals surface area contributed by atoms with Crippen LogP contribution in [0.3, 0.4) is 0 Å². The zero-order valence-corrected chi connectivity index (χ0v) is 10.6. The first-order valence-electron chi connectivity index (χ1n) is 6.14. The fourth-order valence-electron chi connectivity index (χ4n) is 1.33.